The third-order valence-electron chi connectivity index (χ3n) is 4.66. The minimum Gasteiger partial charge on any atom is -0.394 e. The molecule has 0 aromatic rings. The molecule has 2 heterocycles. The van der Waals surface area contributed by atoms with Crippen molar-refractivity contribution in [3.05, 3.63) is 0 Å². The molecule has 0 bridgehead atoms. The fraction of sp³-hybridized carbons (Fsp3) is 0.933. The Morgan fingerprint density at radius 1 is 0.962 bits per heavy atom. The summed E-state index contributed by atoms with van der Waals surface area (Å²) < 4.78 is 16.3. The number of rotatable bonds is 5. The van der Waals surface area contributed by atoms with Crippen molar-refractivity contribution in [2.75, 3.05) is 13.2 Å². The Morgan fingerprint density at radius 2 is 1.58 bits per heavy atom. The zero-order valence-electron chi connectivity index (χ0n) is 14.5. The van der Waals surface area contributed by atoms with E-state index in [4.69, 9.17) is 14.2 Å². The molecule has 0 aliphatic carbocycles. The maximum atomic E-state index is 11.3. The summed E-state index contributed by atoms with van der Waals surface area (Å²) in [5, 5.41) is 61.5. The average Bonchev–Trinajstić information content (AvgIpc) is 2.60. The number of ether oxygens (including phenoxy) is 3. The zero-order valence-corrected chi connectivity index (χ0v) is 14.5. The van der Waals surface area contributed by atoms with Crippen LogP contribution in [0.15, 0.2) is 0 Å². The SMILES string of the molecule is CC(=O)NC1C(C)OC(CO)C(OC2OC(CO)C(O)C(O)C2O)C1O. The monoisotopic (exact) mass is 381 g/mol. The van der Waals surface area contributed by atoms with Gasteiger partial charge < -0.3 is 50.2 Å². The molecule has 2 rings (SSSR count). The first-order chi connectivity index (χ1) is 12.2. The van der Waals surface area contributed by atoms with Crippen molar-refractivity contribution in [1.29, 1.82) is 0 Å². The molecule has 7 N–H and O–H groups in total. The lowest BCUT2D eigenvalue weighted by Gasteiger charge is -2.46. The second-order valence-electron chi connectivity index (χ2n) is 6.58. The Labute approximate surface area is 150 Å². The lowest BCUT2D eigenvalue weighted by Crippen LogP contribution is -2.66. The number of carbonyl (C=O) groups excluding carboxylic acids is 1. The van der Waals surface area contributed by atoms with Crippen molar-refractivity contribution in [2.24, 2.45) is 0 Å². The van der Waals surface area contributed by atoms with Crippen LogP contribution in [0.2, 0.25) is 0 Å². The van der Waals surface area contributed by atoms with Crippen LogP contribution in [0.3, 0.4) is 0 Å². The number of hydrogen-bond donors (Lipinski definition) is 7. The summed E-state index contributed by atoms with van der Waals surface area (Å²) in [6.07, 6.45) is -11.7. The van der Waals surface area contributed by atoms with Crippen LogP contribution in [0.25, 0.3) is 0 Å². The predicted molar refractivity (Wildman–Crippen MR) is 83.7 cm³/mol. The molecule has 0 aromatic carbocycles. The minimum atomic E-state index is -1.67. The van der Waals surface area contributed by atoms with Crippen molar-refractivity contribution in [2.45, 2.75) is 75.0 Å². The zero-order chi connectivity index (χ0) is 19.6. The third-order valence-corrected chi connectivity index (χ3v) is 4.66. The van der Waals surface area contributed by atoms with Gasteiger partial charge in [-0.2, -0.15) is 0 Å². The first-order valence-electron chi connectivity index (χ1n) is 8.38. The van der Waals surface area contributed by atoms with E-state index >= 15 is 0 Å². The van der Waals surface area contributed by atoms with Crippen LogP contribution in [0.1, 0.15) is 13.8 Å². The topological polar surface area (TPSA) is 178 Å². The fourth-order valence-electron chi connectivity index (χ4n) is 3.23. The van der Waals surface area contributed by atoms with E-state index in [0.29, 0.717) is 0 Å². The summed E-state index contributed by atoms with van der Waals surface area (Å²) >= 11 is 0. The predicted octanol–water partition coefficient (Wildman–Crippen LogP) is -4.18. The van der Waals surface area contributed by atoms with Gasteiger partial charge in [-0.05, 0) is 6.92 Å². The van der Waals surface area contributed by atoms with Crippen LogP contribution in [-0.4, -0.2) is 111 Å². The van der Waals surface area contributed by atoms with Gasteiger partial charge in [-0.1, -0.05) is 0 Å². The van der Waals surface area contributed by atoms with Gasteiger partial charge >= 0.3 is 0 Å². The molecule has 26 heavy (non-hydrogen) atoms. The third kappa shape index (κ3) is 4.32. The first-order valence-corrected chi connectivity index (χ1v) is 8.38. The largest absolute Gasteiger partial charge is 0.394 e. The van der Waals surface area contributed by atoms with Gasteiger partial charge in [0.2, 0.25) is 5.91 Å². The van der Waals surface area contributed by atoms with E-state index < -0.39 is 80.3 Å². The van der Waals surface area contributed by atoms with Gasteiger partial charge in [0.25, 0.3) is 0 Å². The van der Waals surface area contributed by atoms with Crippen LogP contribution >= 0.6 is 0 Å². The van der Waals surface area contributed by atoms with Gasteiger partial charge in [0.1, 0.15) is 42.7 Å². The van der Waals surface area contributed by atoms with E-state index in [1.54, 1.807) is 6.92 Å². The second-order valence-corrected chi connectivity index (χ2v) is 6.58. The number of aliphatic hydroxyl groups excluding tert-OH is 6. The first kappa shape index (κ1) is 21.4. The molecule has 10 unspecified atom stereocenters. The van der Waals surface area contributed by atoms with Crippen molar-refractivity contribution in [1.82, 2.24) is 5.32 Å². The number of hydrogen-bond acceptors (Lipinski definition) is 10. The van der Waals surface area contributed by atoms with Gasteiger partial charge in [0.15, 0.2) is 6.29 Å². The van der Waals surface area contributed by atoms with Crippen LogP contribution in [0.5, 0.6) is 0 Å². The Bertz CT molecular complexity index is 477. The highest BCUT2D eigenvalue weighted by Gasteiger charge is 2.50. The van der Waals surface area contributed by atoms with Crippen molar-refractivity contribution >= 4 is 5.91 Å². The van der Waals surface area contributed by atoms with Crippen LogP contribution in [0.4, 0.5) is 0 Å². The molecule has 0 aromatic heterocycles. The van der Waals surface area contributed by atoms with Gasteiger partial charge in [-0.15, -0.1) is 0 Å². The Morgan fingerprint density at radius 3 is 2.12 bits per heavy atom. The molecule has 0 spiro atoms. The second kappa shape index (κ2) is 8.87. The van der Waals surface area contributed by atoms with Gasteiger partial charge in [0, 0.05) is 6.92 Å². The normalized spacial score (nSPS) is 46.8. The van der Waals surface area contributed by atoms with E-state index in [2.05, 4.69) is 5.32 Å². The molecule has 2 saturated heterocycles. The summed E-state index contributed by atoms with van der Waals surface area (Å²) in [6, 6.07) is -0.842. The van der Waals surface area contributed by atoms with Crippen LogP contribution in [0, 0.1) is 0 Å². The van der Waals surface area contributed by atoms with E-state index in [9.17, 15) is 35.4 Å². The Kier molecular flexibility index (Phi) is 7.30. The van der Waals surface area contributed by atoms with Crippen molar-refractivity contribution < 1.29 is 49.6 Å². The van der Waals surface area contributed by atoms with E-state index in [-0.39, 0.29) is 0 Å². The lowest BCUT2D eigenvalue weighted by atomic mass is 9.92. The summed E-state index contributed by atoms with van der Waals surface area (Å²) in [4.78, 5) is 11.3. The highest BCUT2D eigenvalue weighted by molar-refractivity contribution is 5.73. The molecule has 1 amide bonds. The number of carbonyl (C=O) groups is 1. The number of amides is 1. The van der Waals surface area contributed by atoms with Crippen LogP contribution in [-0.2, 0) is 19.0 Å². The summed E-state index contributed by atoms with van der Waals surface area (Å²) in [5.74, 6) is -0.404. The fourth-order valence-corrected chi connectivity index (χ4v) is 3.23. The molecule has 10 atom stereocenters. The van der Waals surface area contributed by atoms with E-state index in [0.717, 1.165) is 0 Å². The number of nitrogens with one attached hydrogen (secondary N) is 1. The Balaban J connectivity index is 2.16. The smallest absolute Gasteiger partial charge is 0.217 e. The standard InChI is InChI=1S/C15H27NO10/c1-5-9(16-6(2)19)11(21)14(8(4-18)24-5)26-15-13(23)12(22)10(20)7(3-17)25-15/h5,7-15,17-18,20-23H,3-4H2,1-2H3,(H,16,19). The van der Waals surface area contributed by atoms with Gasteiger partial charge in [-0.25, -0.2) is 0 Å². The molecular formula is C15H27NO10. The maximum absolute atomic E-state index is 11.3. The van der Waals surface area contributed by atoms with E-state index in [1.807, 2.05) is 0 Å². The highest BCUT2D eigenvalue weighted by Crippen LogP contribution is 2.29. The Hall–Kier alpha value is -0.890. The summed E-state index contributed by atoms with van der Waals surface area (Å²) in [6.45, 7) is 1.72. The highest BCUT2D eigenvalue weighted by atomic mass is 16.7. The molecular weight excluding hydrogens is 354 g/mol. The molecule has 0 saturated carbocycles. The van der Waals surface area contributed by atoms with Crippen molar-refractivity contribution in [3.8, 4) is 0 Å². The summed E-state index contributed by atoms with van der Waals surface area (Å²) in [5.41, 5.74) is 0. The van der Waals surface area contributed by atoms with Gasteiger partial charge in [0.05, 0.1) is 25.4 Å². The quantitative estimate of drug-likeness (QED) is 0.247. The number of aliphatic hydroxyl groups is 6. The molecule has 11 heteroatoms. The molecule has 2 aliphatic heterocycles. The molecule has 2 fully saturated rings. The maximum Gasteiger partial charge on any atom is 0.217 e. The molecule has 2 aliphatic rings. The van der Waals surface area contributed by atoms with Gasteiger partial charge in [-0.3, -0.25) is 4.79 Å². The molecule has 152 valence electrons. The van der Waals surface area contributed by atoms with E-state index in [1.165, 1.54) is 6.92 Å². The van der Waals surface area contributed by atoms with Crippen LogP contribution < -0.4 is 5.32 Å². The summed E-state index contributed by atoms with van der Waals surface area (Å²) in [7, 11) is 0. The van der Waals surface area contributed by atoms with Crippen molar-refractivity contribution in [3.63, 3.8) is 0 Å². The average molecular weight is 381 g/mol. The molecule has 11 nitrogen and oxygen atoms in total. The molecule has 0 radical (unpaired) electrons. The lowest BCUT2D eigenvalue weighted by molar-refractivity contribution is -0.335. The minimum absolute atomic E-state index is 0.404.